The lowest BCUT2D eigenvalue weighted by Crippen LogP contribution is -2.25. The van der Waals surface area contributed by atoms with E-state index in [0.29, 0.717) is 19.0 Å². The van der Waals surface area contributed by atoms with Crippen LogP contribution in [-0.4, -0.2) is 28.0 Å². The van der Waals surface area contributed by atoms with Gasteiger partial charge in [-0.05, 0) is 60.5 Å². The molecular formula is C23H21F3N2O4S. The minimum Gasteiger partial charge on any atom is -0.496 e. The lowest BCUT2D eigenvalue weighted by atomic mass is 10.1. The first-order valence-electron chi connectivity index (χ1n) is 9.80. The van der Waals surface area contributed by atoms with Crippen LogP contribution in [0.5, 0.6) is 5.75 Å². The molecule has 0 heterocycles. The molecule has 174 valence electrons. The van der Waals surface area contributed by atoms with Crippen molar-refractivity contribution in [1.29, 1.82) is 0 Å². The van der Waals surface area contributed by atoms with Crippen molar-refractivity contribution in [3.05, 3.63) is 89.5 Å². The van der Waals surface area contributed by atoms with Gasteiger partial charge in [-0.15, -0.1) is 0 Å². The number of alkyl halides is 3. The molecule has 10 heteroatoms. The van der Waals surface area contributed by atoms with Gasteiger partial charge in [-0.25, -0.2) is 8.42 Å². The molecule has 0 bridgehead atoms. The van der Waals surface area contributed by atoms with Crippen molar-refractivity contribution >= 4 is 21.6 Å². The average Bonchev–Trinajstić information content (AvgIpc) is 2.78. The number of ether oxygens (including phenoxy) is 1. The molecule has 1 amide bonds. The summed E-state index contributed by atoms with van der Waals surface area (Å²) >= 11 is 0. The van der Waals surface area contributed by atoms with Gasteiger partial charge in [0.2, 0.25) is 0 Å². The molecule has 0 saturated heterocycles. The van der Waals surface area contributed by atoms with Gasteiger partial charge in [0.15, 0.2) is 0 Å². The Morgan fingerprint density at radius 1 is 0.970 bits per heavy atom. The number of methoxy groups -OCH3 is 1. The van der Waals surface area contributed by atoms with Crippen molar-refractivity contribution in [2.45, 2.75) is 17.5 Å². The lowest BCUT2D eigenvalue weighted by molar-refractivity contribution is -0.137. The van der Waals surface area contributed by atoms with Gasteiger partial charge >= 0.3 is 6.18 Å². The predicted octanol–water partition coefficient (Wildman–Crippen LogP) is 4.49. The molecule has 0 aliphatic rings. The Bertz CT molecular complexity index is 1230. The number of carbonyl (C=O) groups excluding carboxylic acids is 1. The predicted molar refractivity (Wildman–Crippen MR) is 118 cm³/mol. The highest BCUT2D eigenvalue weighted by atomic mass is 32.2. The summed E-state index contributed by atoms with van der Waals surface area (Å²) in [6, 6.07) is 16.4. The Morgan fingerprint density at radius 3 is 2.33 bits per heavy atom. The van der Waals surface area contributed by atoms with Gasteiger partial charge in [-0.3, -0.25) is 9.52 Å². The van der Waals surface area contributed by atoms with Crippen LogP contribution in [0.15, 0.2) is 77.7 Å². The zero-order chi connectivity index (χ0) is 24.1. The lowest BCUT2D eigenvalue weighted by Gasteiger charge is -2.12. The molecule has 3 rings (SSSR count). The minimum absolute atomic E-state index is 0.189. The van der Waals surface area contributed by atoms with Crippen LogP contribution < -0.4 is 14.8 Å². The second-order valence-corrected chi connectivity index (χ2v) is 8.71. The highest BCUT2D eigenvalue weighted by Gasteiger charge is 2.30. The second-order valence-electron chi connectivity index (χ2n) is 7.03. The van der Waals surface area contributed by atoms with Crippen LogP contribution in [-0.2, 0) is 22.6 Å². The highest BCUT2D eigenvalue weighted by Crippen LogP contribution is 2.31. The van der Waals surface area contributed by atoms with E-state index in [1.54, 1.807) is 7.11 Å². The first-order chi connectivity index (χ1) is 15.6. The van der Waals surface area contributed by atoms with E-state index in [1.165, 1.54) is 30.3 Å². The van der Waals surface area contributed by atoms with E-state index < -0.39 is 21.8 Å². The third-order valence-electron chi connectivity index (χ3n) is 4.74. The Morgan fingerprint density at radius 2 is 1.67 bits per heavy atom. The van der Waals surface area contributed by atoms with Crippen LogP contribution in [0.2, 0.25) is 0 Å². The zero-order valence-electron chi connectivity index (χ0n) is 17.5. The Kier molecular flexibility index (Phi) is 7.27. The molecule has 0 aromatic heterocycles. The SMILES string of the molecule is COc1ccccc1CCNC(=O)c1ccc(S(=O)(=O)Nc2cccc(C(F)(F)F)c2)cc1. The standard InChI is InChI=1S/C23H21F3N2O4S/c1-32-21-8-3-2-5-16(21)13-14-27-22(29)17-9-11-20(12-10-17)33(30,31)28-19-7-4-6-18(15-19)23(24,25)26/h2-12,15,28H,13-14H2,1H3,(H,27,29). The van der Waals surface area contributed by atoms with Crippen molar-refractivity contribution in [2.24, 2.45) is 0 Å². The summed E-state index contributed by atoms with van der Waals surface area (Å²) in [6.07, 6.45) is -4.05. The van der Waals surface area contributed by atoms with E-state index in [4.69, 9.17) is 4.74 Å². The highest BCUT2D eigenvalue weighted by molar-refractivity contribution is 7.92. The molecule has 0 atom stereocenters. The summed E-state index contributed by atoms with van der Waals surface area (Å²) in [7, 11) is -2.58. The molecule has 0 radical (unpaired) electrons. The van der Waals surface area contributed by atoms with Crippen LogP contribution in [0.25, 0.3) is 0 Å². The molecule has 33 heavy (non-hydrogen) atoms. The van der Waals surface area contributed by atoms with Crippen molar-refractivity contribution in [2.75, 3.05) is 18.4 Å². The Balaban J connectivity index is 1.63. The molecule has 0 aliphatic carbocycles. The normalized spacial score (nSPS) is 11.6. The molecule has 2 N–H and O–H groups in total. The summed E-state index contributed by atoms with van der Waals surface area (Å²) in [5, 5.41) is 2.75. The van der Waals surface area contributed by atoms with Gasteiger partial charge in [0.25, 0.3) is 15.9 Å². The summed E-state index contributed by atoms with van der Waals surface area (Å²) < 4.78 is 71.0. The van der Waals surface area contributed by atoms with Gasteiger partial charge < -0.3 is 10.1 Å². The Hall–Kier alpha value is -3.53. The third-order valence-corrected chi connectivity index (χ3v) is 6.14. The van der Waals surface area contributed by atoms with Gasteiger partial charge in [-0.2, -0.15) is 13.2 Å². The summed E-state index contributed by atoms with van der Waals surface area (Å²) in [5.41, 5.74) is -0.0127. The summed E-state index contributed by atoms with van der Waals surface area (Å²) in [6.45, 7) is 0.344. The van der Waals surface area contributed by atoms with Crippen LogP contribution in [0.4, 0.5) is 18.9 Å². The molecule has 0 spiro atoms. The van der Waals surface area contributed by atoms with Crippen LogP contribution in [0, 0.1) is 0 Å². The van der Waals surface area contributed by atoms with Crippen molar-refractivity contribution in [3.63, 3.8) is 0 Å². The smallest absolute Gasteiger partial charge is 0.416 e. The quantitative estimate of drug-likeness (QED) is 0.500. The number of nitrogens with one attached hydrogen (secondary N) is 2. The molecule has 3 aromatic carbocycles. The molecule has 0 unspecified atom stereocenters. The molecule has 0 aliphatic heterocycles. The summed E-state index contributed by atoms with van der Waals surface area (Å²) in [4.78, 5) is 12.2. The molecule has 3 aromatic rings. The number of halogens is 3. The van der Waals surface area contributed by atoms with Crippen molar-refractivity contribution in [1.82, 2.24) is 5.32 Å². The molecule has 6 nitrogen and oxygen atoms in total. The van der Waals surface area contributed by atoms with E-state index in [-0.39, 0.29) is 22.1 Å². The Labute approximate surface area is 189 Å². The summed E-state index contributed by atoms with van der Waals surface area (Å²) in [5.74, 6) is 0.328. The number of hydrogen-bond acceptors (Lipinski definition) is 4. The molecular weight excluding hydrogens is 457 g/mol. The number of sulfonamides is 1. The van der Waals surface area contributed by atoms with E-state index >= 15 is 0 Å². The van der Waals surface area contributed by atoms with E-state index in [2.05, 4.69) is 10.0 Å². The minimum atomic E-state index is -4.60. The van der Waals surface area contributed by atoms with Gasteiger partial charge in [0, 0.05) is 17.8 Å². The number of para-hydroxylation sites is 1. The maximum Gasteiger partial charge on any atom is 0.416 e. The zero-order valence-corrected chi connectivity index (χ0v) is 18.3. The monoisotopic (exact) mass is 478 g/mol. The molecule has 0 fully saturated rings. The van der Waals surface area contributed by atoms with Gasteiger partial charge in [0.05, 0.1) is 17.6 Å². The van der Waals surface area contributed by atoms with Crippen molar-refractivity contribution in [3.8, 4) is 5.75 Å². The molecule has 0 saturated carbocycles. The van der Waals surface area contributed by atoms with E-state index in [9.17, 15) is 26.4 Å². The largest absolute Gasteiger partial charge is 0.496 e. The first kappa shape index (κ1) is 24.1. The maximum atomic E-state index is 12.8. The topological polar surface area (TPSA) is 84.5 Å². The maximum absolute atomic E-state index is 12.8. The van der Waals surface area contributed by atoms with E-state index in [0.717, 1.165) is 23.4 Å². The van der Waals surface area contributed by atoms with Crippen molar-refractivity contribution < 1.29 is 31.1 Å². The van der Waals surface area contributed by atoms with Crippen LogP contribution in [0.1, 0.15) is 21.5 Å². The van der Waals surface area contributed by atoms with E-state index in [1.807, 2.05) is 24.3 Å². The number of benzene rings is 3. The fourth-order valence-corrected chi connectivity index (χ4v) is 4.13. The number of carbonyl (C=O) groups is 1. The van der Waals surface area contributed by atoms with Gasteiger partial charge in [0.1, 0.15) is 5.75 Å². The number of rotatable bonds is 8. The van der Waals surface area contributed by atoms with Gasteiger partial charge in [-0.1, -0.05) is 24.3 Å². The van der Waals surface area contributed by atoms with Crippen LogP contribution in [0.3, 0.4) is 0 Å². The van der Waals surface area contributed by atoms with Crippen LogP contribution >= 0.6 is 0 Å². The fraction of sp³-hybridized carbons (Fsp3) is 0.174. The third kappa shape index (κ3) is 6.26. The fourth-order valence-electron chi connectivity index (χ4n) is 3.08. The number of anilines is 1. The average molecular weight is 478 g/mol. The number of hydrogen-bond donors (Lipinski definition) is 2. The number of amides is 1. The second kappa shape index (κ2) is 9.95. The first-order valence-corrected chi connectivity index (χ1v) is 11.3.